The number of benzene rings is 1. The van der Waals surface area contributed by atoms with Crippen molar-refractivity contribution in [2.75, 3.05) is 6.54 Å². The maximum absolute atomic E-state index is 11.3. The third-order valence-corrected chi connectivity index (χ3v) is 1.56. The topological polar surface area (TPSA) is 81.4 Å². The zero-order chi connectivity index (χ0) is 10.4. The maximum atomic E-state index is 11.3. The fourth-order valence-corrected chi connectivity index (χ4v) is 0.886. The van der Waals surface area contributed by atoms with Gasteiger partial charge in [-0.3, -0.25) is 4.79 Å². The van der Waals surface area contributed by atoms with E-state index in [1.807, 2.05) is 0 Å². The Kier molecular flexibility index (Phi) is 6.98. The number of carbonyl (C=O) groups is 2. The van der Waals surface area contributed by atoms with Gasteiger partial charge < -0.3 is 11.6 Å². The molecule has 0 aliphatic rings. The predicted molar refractivity (Wildman–Crippen MR) is 50.2 cm³/mol. The molecule has 15 heavy (non-hydrogen) atoms. The van der Waals surface area contributed by atoms with Gasteiger partial charge in [-0.25, -0.2) is 4.79 Å². The van der Waals surface area contributed by atoms with Gasteiger partial charge in [0, 0.05) is 5.56 Å². The van der Waals surface area contributed by atoms with E-state index >= 15 is 0 Å². The first-order valence-electron chi connectivity index (χ1n) is 3.97. The largest absolute Gasteiger partial charge is 1.00 e. The Morgan fingerprint density at radius 2 is 1.93 bits per heavy atom. The number of rotatable bonds is 3. The molecular weight excluding hydrogens is 207 g/mol. The Morgan fingerprint density at radius 1 is 1.33 bits per heavy atom. The molecule has 0 radical (unpaired) electrons. The molecule has 1 aromatic carbocycles. The summed E-state index contributed by atoms with van der Waals surface area (Å²) in [7, 11) is 0. The van der Waals surface area contributed by atoms with Gasteiger partial charge in [-0.1, -0.05) is 18.2 Å². The molecule has 5 nitrogen and oxygen atoms in total. The second kappa shape index (κ2) is 7.42. The van der Waals surface area contributed by atoms with Gasteiger partial charge in [0.2, 0.25) is 0 Å². The molecule has 0 fully saturated rings. The Bertz CT molecular complexity index is 335. The van der Waals surface area contributed by atoms with Crippen LogP contribution in [-0.2, 0) is 9.63 Å². The summed E-state index contributed by atoms with van der Waals surface area (Å²) in [5, 5.41) is 2.36. The van der Waals surface area contributed by atoms with Crippen LogP contribution in [0.15, 0.2) is 30.3 Å². The molecule has 0 aliphatic carbocycles. The Morgan fingerprint density at radius 3 is 2.47 bits per heavy atom. The van der Waals surface area contributed by atoms with E-state index in [-0.39, 0.29) is 43.4 Å². The zero-order valence-electron chi connectivity index (χ0n) is 9.40. The fourth-order valence-electron chi connectivity index (χ4n) is 0.886. The van der Waals surface area contributed by atoms with E-state index in [1.54, 1.807) is 30.3 Å². The van der Waals surface area contributed by atoms with Crippen LogP contribution in [0.25, 0.3) is 0 Å². The second-order valence-electron chi connectivity index (χ2n) is 2.54. The molecule has 0 spiro atoms. The summed E-state index contributed by atoms with van der Waals surface area (Å²) in [6.07, 6.45) is 0. The van der Waals surface area contributed by atoms with Crippen LogP contribution in [0, 0.1) is 0 Å². The molecule has 0 atom stereocenters. The van der Waals surface area contributed by atoms with E-state index in [1.165, 1.54) is 0 Å². The second-order valence-corrected chi connectivity index (χ2v) is 2.54. The quantitative estimate of drug-likeness (QED) is 0.417. The Labute approximate surface area is 111 Å². The Balaban J connectivity index is 0. The van der Waals surface area contributed by atoms with Crippen LogP contribution in [-0.4, -0.2) is 18.4 Å². The summed E-state index contributed by atoms with van der Waals surface area (Å²) in [5.74, 6) is 3.57. The normalized spacial score (nSPS) is 8.60. The first kappa shape index (κ1) is 14.1. The molecule has 0 bridgehead atoms. The molecule has 0 aliphatic heterocycles. The van der Waals surface area contributed by atoms with Gasteiger partial charge in [-0.05, 0) is 12.1 Å². The maximum Gasteiger partial charge on any atom is 1.00 e. The minimum atomic E-state index is -0.686. The number of carbonyl (C=O) groups excluding carboxylic acids is 2. The molecule has 1 amide bonds. The van der Waals surface area contributed by atoms with Crippen LogP contribution < -0.4 is 40.8 Å². The van der Waals surface area contributed by atoms with Crippen LogP contribution >= 0.6 is 0 Å². The smallest absolute Gasteiger partial charge is 1.00 e. The van der Waals surface area contributed by atoms with Crippen molar-refractivity contribution in [2.24, 2.45) is 5.90 Å². The zero-order valence-corrected chi connectivity index (χ0v) is 10.4. The van der Waals surface area contributed by atoms with Crippen molar-refractivity contribution in [2.45, 2.75) is 0 Å². The van der Waals surface area contributed by atoms with Crippen LogP contribution in [0.4, 0.5) is 0 Å². The van der Waals surface area contributed by atoms with E-state index in [4.69, 9.17) is 0 Å². The SMILES string of the molecule is NOC(=O)CNC(=O)c1ccccc1.[H-].[Na+]. The number of amides is 1. The van der Waals surface area contributed by atoms with Gasteiger partial charge in [-0.2, -0.15) is 5.90 Å². The van der Waals surface area contributed by atoms with Crippen LogP contribution in [0.2, 0.25) is 0 Å². The first-order chi connectivity index (χ1) is 6.74. The van der Waals surface area contributed by atoms with Crippen molar-refractivity contribution in [3.8, 4) is 0 Å². The van der Waals surface area contributed by atoms with Gasteiger partial charge in [0.05, 0.1) is 0 Å². The summed E-state index contributed by atoms with van der Waals surface area (Å²) in [5.41, 5.74) is 0.484. The van der Waals surface area contributed by atoms with Crippen molar-refractivity contribution < 1.29 is 45.4 Å². The average molecular weight is 218 g/mol. The minimum absolute atomic E-state index is 0. The minimum Gasteiger partial charge on any atom is -1.00 e. The molecule has 6 heteroatoms. The van der Waals surface area contributed by atoms with Crippen molar-refractivity contribution in [3.63, 3.8) is 0 Å². The van der Waals surface area contributed by atoms with Crippen LogP contribution in [0.3, 0.4) is 0 Å². The Hall–Kier alpha value is -0.880. The van der Waals surface area contributed by atoms with Crippen molar-refractivity contribution in [1.29, 1.82) is 0 Å². The summed E-state index contributed by atoms with van der Waals surface area (Å²) in [6, 6.07) is 8.55. The van der Waals surface area contributed by atoms with E-state index in [0.29, 0.717) is 5.56 Å². The standard InChI is InChI=1S/C9H10N2O3.Na.H/c10-14-8(12)6-11-9(13)7-4-2-1-3-5-7;;/h1-5H,6,10H2,(H,11,13);;/q;+1;-1. The van der Waals surface area contributed by atoms with Gasteiger partial charge in [0.15, 0.2) is 0 Å². The molecule has 1 aromatic rings. The number of hydrogen-bond donors (Lipinski definition) is 2. The third-order valence-electron chi connectivity index (χ3n) is 1.56. The third kappa shape index (κ3) is 4.94. The molecule has 0 aromatic heterocycles. The van der Waals surface area contributed by atoms with E-state index in [9.17, 15) is 9.59 Å². The van der Waals surface area contributed by atoms with Crippen molar-refractivity contribution in [1.82, 2.24) is 5.32 Å². The molecule has 76 valence electrons. The first-order valence-corrected chi connectivity index (χ1v) is 3.97. The van der Waals surface area contributed by atoms with Crippen LogP contribution in [0.5, 0.6) is 0 Å². The predicted octanol–water partition coefficient (Wildman–Crippen LogP) is -3.05. The summed E-state index contributed by atoms with van der Waals surface area (Å²) in [4.78, 5) is 25.8. The van der Waals surface area contributed by atoms with Crippen LogP contribution in [0.1, 0.15) is 11.8 Å². The molecule has 0 heterocycles. The molecule has 3 N–H and O–H groups in total. The van der Waals surface area contributed by atoms with Crippen molar-refractivity contribution in [3.05, 3.63) is 35.9 Å². The van der Waals surface area contributed by atoms with E-state index < -0.39 is 5.97 Å². The van der Waals surface area contributed by atoms with E-state index in [2.05, 4.69) is 16.1 Å². The van der Waals surface area contributed by atoms with Gasteiger partial charge >= 0.3 is 35.5 Å². The number of nitrogens with two attached hydrogens (primary N) is 1. The summed E-state index contributed by atoms with van der Waals surface area (Å²) < 4.78 is 0. The number of hydrogen-bond acceptors (Lipinski definition) is 4. The fraction of sp³-hybridized carbons (Fsp3) is 0.111. The summed E-state index contributed by atoms with van der Waals surface area (Å²) in [6.45, 7) is -0.232. The molecule has 1 rings (SSSR count). The monoisotopic (exact) mass is 218 g/mol. The van der Waals surface area contributed by atoms with Gasteiger partial charge in [0.1, 0.15) is 6.54 Å². The van der Waals surface area contributed by atoms with Gasteiger partial charge in [-0.15, -0.1) is 0 Å². The van der Waals surface area contributed by atoms with Crippen molar-refractivity contribution >= 4 is 11.9 Å². The molecule has 0 saturated heterocycles. The average Bonchev–Trinajstić information content (AvgIpc) is 2.26. The van der Waals surface area contributed by atoms with E-state index in [0.717, 1.165) is 0 Å². The number of nitrogens with one attached hydrogen (secondary N) is 1. The molecule has 0 saturated carbocycles. The van der Waals surface area contributed by atoms with Gasteiger partial charge in [0.25, 0.3) is 5.91 Å². The summed E-state index contributed by atoms with van der Waals surface area (Å²) >= 11 is 0. The molecular formula is C9H11N2NaO3. The molecule has 0 unspecified atom stereocenters.